The van der Waals surface area contributed by atoms with Gasteiger partial charge < -0.3 is 19.1 Å². The summed E-state index contributed by atoms with van der Waals surface area (Å²) in [5.74, 6) is 1.15. The van der Waals surface area contributed by atoms with Crippen LogP contribution in [0.2, 0.25) is 10.0 Å². The Kier molecular flexibility index (Phi) is 8.86. The zero-order valence-electron chi connectivity index (χ0n) is 19.6. The van der Waals surface area contributed by atoms with Crippen molar-refractivity contribution in [3.63, 3.8) is 0 Å². The van der Waals surface area contributed by atoms with E-state index in [0.29, 0.717) is 53.5 Å². The van der Waals surface area contributed by atoms with Crippen LogP contribution in [-0.4, -0.2) is 74.2 Å². The molecule has 0 aliphatic carbocycles. The smallest absolute Gasteiger partial charge is 0.273 e. The van der Waals surface area contributed by atoms with Crippen LogP contribution in [0.3, 0.4) is 0 Å². The summed E-state index contributed by atoms with van der Waals surface area (Å²) in [6.45, 7) is 4.96. The zero-order chi connectivity index (χ0) is 24.8. The van der Waals surface area contributed by atoms with Crippen LogP contribution in [-0.2, 0) is 11.3 Å². The van der Waals surface area contributed by atoms with Crippen LogP contribution in [0, 0.1) is 0 Å². The van der Waals surface area contributed by atoms with Crippen LogP contribution in [0.4, 0.5) is 0 Å². The van der Waals surface area contributed by atoms with Crippen LogP contribution >= 0.6 is 34.5 Å². The number of methoxy groups -OCH3 is 2. The Morgan fingerprint density at radius 3 is 2.54 bits per heavy atom. The van der Waals surface area contributed by atoms with E-state index in [1.165, 1.54) is 11.3 Å². The van der Waals surface area contributed by atoms with Gasteiger partial charge in [-0.05, 0) is 35.9 Å². The first-order valence-corrected chi connectivity index (χ1v) is 12.8. The van der Waals surface area contributed by atoms with Gasteiger partial charge in [-0.2, -0.15) is 0 Å². The number of rotatable bonds is 9. The Hall–Kier alpha value is -2.36. The van der Waals surface area contributed by atoms with Crippen molar-refractivity contribution in [2.24, 2.45) is 0 Å². The summed E-state index contributed by atoms with van der Waals surface area (Å²) in [5.41, 5.74) is 2.22. The highest BCUT2D eigenvalue weighted by molar-refractivity contribution is 7.13. The fourth-order valence-electron chi connectivity index (χ4n) is 3.77. The van der Waals surface area contributed by atoms with Gasteiger partial charge in [-0.3, -0.25) is 9.69 Å². The number of benzene rings is 2. The molecule has 1 aliphatic rings. The SMILES string of the molecule is COCCN1CCN(C(=O)c2csc(-c3ccc(OCc4ccc(Cl)c(Cl)c4)c(OC)c3)n2)CC1. The molecule has 1 fully saturated rings. The quantitative estimate of drug-likeness (QED) is 0.379. The molecule has 0 unspecified atom stereocenters. The average molecular weight is 536 g/mol. The highest BCUT2D eigenvalue weighted by Gasteiger charge is 2.24. The van der Waals surface area contributed by atoms with Crippen molar-refractivity contribution in [2.75, 3.05) is 53.6 Å². The van der Waals surface area contributed by atoms with Gasteiger partial charge in [0, 0.05) is 50.8 Å². The van der Waals surface area contributed by atoms with Crippen LogP contribution in [0.5, 0.6) is 11.5 Å². The number of ether oxygens (including phenoxy) is 3. The molecule has 1 aromatic heterocycles. The minimum atomic E-state index is -0.0348. The molecule has 10 heteroatoms. The maximum atomic E-state index is 13.0. The van der Waals surface area contributed by atoms with E-state index in [1.807, 2.05) is 34.5 Å². The normalized spacial score (nSPS) is 14.2. The molecule has 1 aliphatic heterocycles. The largest absolute Gasteiger partial charge is 0.493 e. The fourth-order valence-corrected chi connectivity index (χ4v) is 4.88. The van der Waals surface area contributed by atoms with Crippen LogP contribution in [0.15, 0.2) is 41.8 Å². The molecule has 0 atom stereocenters. The minimum Gasteiger partial charge on any atom is -0.493 e. The summed E-state index contributed by atoms with van der Waals surface area (Å²) in [7, 11) is 3.29. The van der Waals surface area contributed by atoms with Gasteiger partial charge in [0.05, 0.1) is 23.8 Å². The predicted octanol–water partition coefficient (Wildman–Crippen LogP) is 5.11. The number of nitrogens with zero attached hydrogens (tertiary/aromatic N) is 3. The summed E-state index contributed by atoms with van der Waals surface area (Å²) >= 11 is 13.5. The molecule has 7 nitrogen and oxygen atoms in total. The van der Waals surface area contributed by atoms with E-state index in [9.17, 15) is 4.79 Å². The van der Waals surface area contributed by atoms with E-state index in [0.717, 1.165) is 35.8 Å². The number of hydrogen-bond donors (Lipinski definition) is 0. The number of thiazole rings is 1. The number of piperazine rings is 1. The Morgan fingerprint density at radius 1 is 1.03 bits per heavy atom. The molecule has 4 rings (SSSR count). The highest BCUT2D eigenvalue weighted by atomic mass is 35.5. The first-order valence-electron chi connectivity index (χ1n) is 11.2. The Morgan fingerprint density at radius 2 is 1.83 bits per heavy atom. The molecule has 0 saturated carbocycles. The summed E-state index contributed by atoms with van der Waals surface area (Å²) in [6.07, 6.45) is 0. The van der Waals surface area contributed by atoms with Gasteiger partial charge in [0.2, 0.25) is 0 Å². The van der Waals surface area contributed by atoms with Crippen molar-refractivity contribution in [1.29, 1.82) is 0 Å². The Labute approximate surface area is 219 Å². The third kappa shape index (κ3) is 6.45. The lowest BCUT2D eigenvalue weighted by Crippen LogP contribution is -2.49. The fraction of sp³-hybridized carbons (Fsp3) is 0.360. The van der Waals surface area contributed by atoms with Crippen molar-refractivity contribution >= 4 is 40.4 Å². The molecule has 0 radical (unpaired) electrons. The van der Waals surface area contributed by atoms with Crippen molar-refractivity contribution in [3.8, 4) is 22.1 Å². The highest BCUT2D eigenvalue weighted by Crippen LogP contribution is 2.34. The van der Waals surface area contributed by atoms with E-state index in [-0.39, 0.29) is 5.91 Å². The third-order valence-electron chi connectivity index (χ3n) is 5.78. The summed E-state index contributed by atoms with van der Waals surface area (Å²) in [6, 6.07) is 11.0. The molecule has 0 bridgehead atoms. The molecule has 2 aromatic carbocycles. The van der Waals surface area contributed by atoms with Crippen LogP contribution < -0.4 is 9.47 Å². The van der Waals surface area contributed by atoms with Gasteiger partial charge in [-0.1, -0.05) is 29.3 Å². The van der Waals surface area contributed by atoms with Gasteiger partial charge in [-0.15, -0.1) is 11.3 Å². The Bertz CT molecular complexity index is 1170. The number of hydrogen-bond acceptors (Lipinski definition) is 7. The molecule has 186 valence electrons. The second kappa shape index (κ2) is 12.1. The molecule has 1 amide bonds. The lowest BCUT2D eigenvalue weighted by atomic mass is 10.2. The number of halogens is 2. The van der Waals surface area contributed by atoms with Crippen LogP contribution in [0.1, 0.15) is 16.1 Å². The lowest BCUT2D eigenvalue weighted by Gasteiger charge is -2.34. The van der Waals surface area contributed by atoms with Crippen molar-refractivity contribution in [3.05, 3.63) is 63.1 Å². The second-order valence-corrected chi connectivity index (χ2v) is 9.74. The third-order valence-corrected chi connectivity index (χ3v) is 7.41. The summed E-state index contributed by atoms with van der Waals surface area (Å²) in [5, 5.41) is 3.55. The Balaban J connectivity index is 1.40. The second-order valence-electron chi connectivity index (χ2n) is 8.07. The summed E-state index contributed by atoms with van der Waals surface area (Å²) in [4.78, 5) is 21.7. The summed E-state index contributed by atoms with van der Waals surface area (Å²) < 4.78 is 16.6. The number of carbonyl (C=O) groups excluding carboxylic acids is 1. The maximum absolute atomic E-state index is 13.0. The van der Waals surface area contributed by atoms with E-state index in [2.05, 4.69) is 9.88 Å². The first-order chi connectivity index (χ1) is 17.0. The molecule has 0 N–H and O–H groups in total. The molecule has 35 heavy (non-hydrogen) atoms. The number of aromatic nitrogens is 1. The first kappa shape index (κ1) is 25.7. The van der Waals surface area contributed by atoms with E-state index >= 15 is 0 Å². The molecule has 2 heterocycles. The number of carbonyl (C=O) groups is 1. The van der Waals surface area contributed by atoms with E-state index < -0.39 is 0 Å². The number of amides is 1. The minimum absolute atomic E-state index is 0.0348. The van der Waals surface area contributed by atoms with E-state index in [1.54, 1.807) is 26.4 Å². The van der Waals surface area contributed by atoms with Crippen molar-refractivity contribution in [2.45, 2.75) is 6.61 Å². The zero-order valence-corrected chi connectivity index (χ0v) is 22.0. The van der Waals surface area contributed by atoms with Crippen LogP contribution in [0.25, 0.3) is 10.6 Å². The van der Waals surface area contributed by atoms with Crippen molar-refractivity contribution < 1.29 is 19.0 Å². The molecule has 0 spiro atoms. The molecular weight excluding hydrogens is 509 g/mol. The van der Waals surface area contributed by atoms with Gasteiger partial charge in [0.15, 0.2) is 11.5 Å². The van der Waals surface area contributed by atoms with Gasteiger partial charge >= 0.3 is 0 Å². The topological polar surface area (TPSA) is 64.1 Å². The monoisotopic (exact) mass is 535 g/mol. The maximum Gasteiger partial charge on any atom is 0.273 e. The standard InChI is InChI=1S/C25H27Cl2N3O4S/c1-32-12-11-29-7-9-30(10-8-29)25(31)21-16-35-24(28-21)18-4-6-22(23(14-18)33-2)34-15-17-3-5-19(26)20(27)13-17/h3-6,13-14,16H,7-12,15H2,1-2H3. The van der Waals surface area contributed by atoms with Gasteiger partial charge in [0.25, 0.3) is 5.91 Å². The lowest BCUT2D eigenvalue weighted by molar-refractivity contribution is 0.0589. The average Bonchev–Trinajstić information content (AvgIpc) is 3.38. The molecule has 1 saturated heterocycles. The predicted molar refractivity (Wildman–Crippen MR) is 139 cm³/mol. The molecular formula is C25H27Cl2N3O4S. The van der Waals surface area contributed by atoms with Crippen molar-refractivity contribution in [1.82, 2.24) is 14.8 Å². The van der Waals surface area contributed by atoms with E-state index in [4.69, 9.17) is 37.4 Å². The molecule has 3 aromatic rings. The van der Waals surface area contributed by atoms with Gasteiger partial charge in [0.1, 0.15) is 17.3 Å². The van der Waals surface area contributed by atoms with Gasteiger partial charge in [-0.25, -0.2) is 4.98 Å².